The van der Waals surface area contributed by atoms with Gasteiger partial charge in [-0.25, -0.2) is 0 Å². The van der Waals surface area contributed by atoms with E-state index in [9.17, 15) is 10.2 Å². The van der Waals surface area contributed by atoms with Crippen molar-refractivity contribution in [2.75, 3.05) is 0 Å². The van der Waals surface area contributed by atoms with Crippen LogP contribution in [0.4, 0.5) is 0 Å². The zero-order valence-corrected chi connectivity index (χ0v) is 20.4. The molecule has 0 heterocycles. The molecule has 0 aromatic heterocycles. The van der Waals surface area contributed by atoms with Crippen molar-refractivity contribution in [2.24, 2.45) is 39.9 Å². The van der Waals surface area contributed by atoms with Gasteiger partial charge in [-0.2, -0.15) is 0 Å². The highest BCUT2D eigenvalue weighted by Gasteiger charge is 2.65. The fraction of sp³-hybridized carbons (Fsp3) is 0.857. The van der Waals surface area contributed by atoms with Crippen LogP contribution in [0.5, 0.6) is 0 Å². The summed E-state index contributed by atoms with van der Waals surface area (Å²) in [5.41, 5.74) is 3.65. The van der Waals surface area contributed by atoms with E-state index in [4.69, 9.17) is 0 Å². The van der Waals surface area contributed by atoms with Gasteiger partial charge in [0.25, 0.3) is 0 Å². The molecule has 3 fully saturated rings. The van der Waals surface area contributed by atoms with E-state index in [2.05, 4.69) is 53.7 Å². The Morgan fingerprint density at radius 3 is 2.53 bits per heavy atom. The molecule has 0 radical (unpaired) electrons. The molecule has 2 N–H and O–H groups in total. The molecule has 0 spiro atoms. The standard InChI is InChI=1S/C28H46O2/c1-18(2)8-7-9-19(3)22-11-15-28(6)25-23(12-14-27(22,28)5)26(4)13-10-21(29)16-20(26)17-24(25)30/h8,12,19-22,24-25,29-30H,7,9-11,13-17H2,1-6H3/t19-,20-,21+,22-,24-,25+,26+,27-,28+/m1/s1. The van der Waals surface area contributed by atoms with Crippen LogP contribution in [0.1, 0.15) is 99.3 Å². The van der Waals surface area contributed by atoms with Gasteiger partial charge in [0.2, 0.25) is 0 Å². The summed E-state index contributed by atoms with van der Waals surface area (Å²) < 4.78 is 0. The van der Waals surface area contributed by atoms with Gasteiger partial charge in [0.15, 0.2) is 0 Å². The van der Waals surface area contributed by atoms with Crippen LogP contribution in [0.15, 0.2) is 23.3 Å². The molecule has 170 valence electrons. The lowest BCUT2D eigenvalue weighted by atomic mass is 9.43. The Hall–Kier alpha value is -0.600. The van der Waals surface area contributed by atoms with Crippen LogP contribution in [-0.4, -0.2) is 22.4 Å². The molecule has 0 amide bonds. The SMILES string of the molecule is CC(C)=CCC[C@@H](C)[C@H]1CC[C@@]2(C)[C@H]3C(=CC[C@]12C)[C@@]1(C)CC[C@H](O)C[C@@H]1C[C@H]3O. The number of hydrogen-bond donors (Lipinski definition) is 2. The summed E-state index contributed by atoms with van der Waals surface area (Å²) in [7, 11) is 0. The third-order valence-corrected chi connectivity index (χ3v) is 10.8. The van der Waals surface area contributed by atoms with Crippen LogP contribution in [0, 0.1) is 39.9 Å². The predicted octanol–water partition coefficient (Wildman–Crippen LogP) is 6.67. The largest absolute Gasteiger partial charge is 0.393 e. The van der Waals surface area contributed by atoms with Crippen molar-refractivity contribution >= 4 is 0 Å². The lowest BCUT2D eigenvalue weighted by molar-refractivity contribution is -0.109. The summed E-state index contributed by atoms with van der Waals surface area (Å²) >= 11 is 0. The van der Waals surface area contributed by atoms with Gasteiger partial charge in [0, 0.05) is 5.92 Å². The maximum absolute atomic E-state index is 11.5. The van der Waals surface area contributed by atoms with E-state index in [1.54, 1.807) is 5.57 Å². The van der Waals surface area contributed by atoms with Crippen LogP contribution in [0.3, 0.4) is 0 Å². The zero-order valence-electron chi connectivity index (χ0n) is 20.4. The fourth-order valence-electron chi connectivity index (χ4n) is 8.68. The monoisotopic (exact) mass is 414 g/mol. The van der Waals surface area contributed by atoms with Crippen molar-refractivity contribution in [1.29, 1.82) is 0 Å². The van der Waals surface area contributed by atoms with E-state index in [0.29, 0.717) is 11.8 Å². The second-order valence-electron chi connectivity index (χ2n) is 12.5. The van der Waals surface area contributed by atoms with Gasteiger partial charge in [0.05, 0.1) is 12.2 Å². The van der Waals surface area contributed by atoms with Crippen LogP contribution < -0.4 is 0 Å². The molecule has 30 heavy (non-hydrogen) atoms. The van der Waals surface area contributed by atoms with E-state index in [-0.39, 0.29) is 28.5 Å². The van der Waals surface area contributed by atoms with E-state index in [1.807, 2.05) is 0 Å². The first-order valence-electron chi connectivity index (χ1n) is 12.7. The van der Waals surface area contributed by atoms with Crippen molar-refractivity contribution < 1.29 is 10.2 Å². The summed E-state index contributed by atoms with van der Waals surface area (Å²) in [6.07, 6.45) is 14.5. The smallest absolute Gasteiger partial charge is 0.0614 e. The molecule has 9 atom stereocenters. The maximum Gasteiger partial charge on any atom is 0.0614 e. The molecular formula is C28H46O2. The quantitative estimate of drug-likeness (QED) is 0.504. The Balaban J connectivity index is 1.64. The molecule has 4 aliphatic carbocycles. The van der Waals surface area contributed by atoms with Gasteiger partial charge in [-0.1, -0.05) is 51.0 Å². The van der Waals surface area contributed by atoms with Gasteiger partial charge in [-0.3, -0.25) is 0 Å². The summed E-state index contributed by atoms with van der Waals surface area (Å²) in [5, 5.41) is 21.8. The Morgan fingerprint density at radius 2 is 1.83 bits per heavy atom. The minimum Gasteiger partial charge on any atom is -0.393 e. The van der Waals surface area contributed by atoms with Crippen molar-refractivity contribution in [1.82, 2.24) is 0 Å². The highest BCUT2D eigenvalue weighted by atomic mass is 16.3. The van der Waals surface area contributed by atoms with Crippen LogP contribution in [-0.2, 0) is 0 Å². The van der Waals surface area contributed by atoms with Gasteiger partial charge >= 0.3 is 0 Å². The fourth-order valence-corrected chi connectivity index (χ4v) is 8.68. The van der Waals surface area contributed by atoms with Crippen molar-refractivity contribution in [3.63, 3.8) is 0 Å². The average molecular weight is 415 g/mol. The molecule has 0 aliphatic heterocycles. The summed E-state index contributed by atoms with van der Waals surface area (Å²) in [5.74, 6) is 2.22. The minimum atomic E-state index is -0.246. The highest BCUT2D eigenvalue weighted by molar-refractivity contribution is 5.33. The predicted molar refractivity (Wildman–Crippen MR) is 125 cm³/mol. The van der Waals surface area contributed by atoms with Crippen LogP contribution in [0.25, 0.3) is 0 Å². The van der Waals surface area contributed by atoms with E-state index >= 15 is 0 Å². The Bertz CT molecular complexity index is 718. The molecule has 0 bridgehead atoms. The molecule has 0 aromatic carbocycles. The number of aliphatic hydroxyl groups excluding tert-OH is 2. The highest BCUT2D eigenvalue weighted by Crippen LogP contribution is 2.71. The van der Waals surface area contributed by atoms with Gasteiger partial charge in [0.1, 0.15) is 0 Å². The van der Waals surface area contributed by atoms with E-state index < -0.39 is 0 Å². The Kier molecular flexibility index (Phi) is 5.85. The van der Waals surface area contributed by atoms with Crippen LogP contribution in [0.2, 0.25) is 0 Å². The topological polar surface area (TPSA) is 40.5 Å². The lowest BCUT2D eigenvalue weighted by Crippen LogP contribution is -2.57. The Labute approximate surface area is 185 Å². The molecule has 3 saturated carbocycles. The molecule has 4 rings (SSSR count). The molecule has 0 saturated heterocycles. The maximum atomic E-state index is 11.5. The summed E-state index contributed by atoms with van der Waals surface area (Å²) in [6, 6.07) is 0. The molecule has 0 aromatic rings. The van der Waals surface area contributed by atoms with Crippen molar-refractivity contribution in [2.45, 2.75) is 112 Å². The number of allylic oxidation sites excluding steroid dienone is 3. The van der Waals surface area contributed by atoms with Gasteiger partial charge in [-0.15, -0.1) is 0 Å². The number of hydrogen-bond acceptors (Lipinski definition) is 2. The van der Waals surface area contributed by atoms with Crippen LogP contribution >= 0.6 is 0 Å². The first kappa shape index (κ1) is 22.6. The lowest BCUT2D eigenvalue weighted by Gasteiger charge is -2.62. The normalized spacial score (nSPS) is 48.8. The zero-order chi connectivity index (χ0) is 21.9. The van der Waals surface area contributed by atoms with E-state index in [0.717, 1.165) is 37.5 Å². The molecule has 4 aliphatic rings. The molecule has 0 unspecified atom stereocenters. The number of aliphatic hydroxyl groups is 2. The second kappa shape index (κ2) is 7.77. The molecule has 2 heteroatoms. The minimum absolute atomic E-state index is 0.172. The first-order valence-corrected chi connectivity index (χ1v) is 12.7. The summed E-state index contributed by atoms with van der Waals surface area (Å²) in [6.45, 7) is 14.4. The van der Waals surface area contributed by atoms with Crippen molar-refractivity contribution in [3.05, 3.63) is 23.3 Å². The first-order chi connectivity index (χ1) is 14.0. The third-order valence-electron chi connectivity index (χ3n) is 10.8. The third kappa shape index (κ3) is 3.27. The summed E-state index contributed by atoms with van der Waals surface area (Å²) in [4.78, 5) is 0. The molecular weight excluding hydrogens is 368 g/mol. The number of fused-ring (bicyclic) bond motifs is 5. The second-order valence-corrected chi connectivity index (χ2v) is 12.5. The van der Waals surface area contributed by atoms with Gasteiger partial charge < -0.3 is 10.2 Å². The van der Waals surface area contributed by atoms with Crippen molar-refractivity contribution in [3.8, 4) is 0 Å². The van der Waals surface area contributed by atoms with E-state index in [1.165, 1.54) is 37.7 Å². The Morgan fingerprint density at radius 1 is 1.10 bits per heavy atom. The molecule has 2 nitrogen and oxygen atoms in total. The number of rotatable bonds is 4. The van der Waals surface area contributed by atoms with Gasteiger partial charge in [-0.05, 0) is 106 Å². The average Bonchev–Trinajstić information content (AvgIpc) is 2.94.